The largest absolute Gasteiger partial charge is 0.396 e. The second kappa shape index (κ2) is 4.74. The van der Waals surface area contributed by atoms with Gasteiger partial charge in [-0.2, -0.15) is 0 Å². The highest BCUT2D eigenvalue weighted by Gasteiger charge is 2.28. The molecule has 1 rings (SSSR count). The predicted molar refractivity (Wildman–Crippen MR) is 52.4 cm³/mol. The molecule has 0 bridgehead atoms. The van der Waals surface area contributed by atoms with Crippen molar-refractivity contribution < 1.29 is 10.2 Å². The highest BCUT2D eigenvalue weighted by Crippen LogP contribution is 2.18. The third-order valence-electron chi connectivity index (χ3n) is 2.88. The first-order valence-corrected chi connectivity index (χ1v) is 4.84. The molecule has 76 valence electrons. The quantitative estimate of drug-likeness (QED) is 0.619. The zero-order valence-corrected chi connectivity index (χ0v) is 8.19. The Morgan fingerprint density at radius 3 is 2.92 bits per heavy atom. The monoisotopic (exact) mass is 185 g/mol. The number of rotatable bonds is 3. The second-order valence-electron chi connectivity index (χ2n) is 3.77. The summed E-state index contributed by atoms with van der Waals surface area (Å²) in [5, 5.41) is 18.5. The predicted octanol–water partition coefficient (Wildman–Crippen LogP) is 0.236. The lowest BCUT2D eigenvalue weighted by Gasteiger charge is -2.37. The summed E-state index contributed by atoms with van der Waals surface area (Å²) < 4.78 is 0. The van der Waals surface area contributed by atoms with Crippen LogP contribution in [-0.2, 0) is 0 Å². The fourth-order valence-electron chi connectivity index (χ4n) is 1.75. The summed E-state index contributed by atoms with van der Waals surface area (Å²) in [6, 6.07) is 0.335. The average Bonchev–Trinajstić information content (AvgIpc) is 2.17. The third-order valence-corrected chi connectivity index (χ3v) is 2.88. The molecule has 1 saturated heterocycles. The van der Waals surface area contributed by atoms with Crippen LogP contribution < -0.4 is 0 Å². The lowest BCUT2D eigenvalue weighted by atomic mass is 9.94. The SMILES string of the molecule is C=CC(C)N1CCC(O)C(CO)C1. The molecule has 13 heavy (non-hydrogen) atoms. The molecule has 0 saturated carbocycles. The molecule has 1 aliphatic rings. The first-order chi connectivity index (χ1) is 6.19. The molecule has 0 aromatic heterocycles. The van der Waals surface area contributed by atoms with E-state index < -0.39 is 0 Å². The van der Waals surface area contributed by atoms with E-state index in [2.05, 4.69) is 18.4 Å². The molecule has 0 spiro atoms. The normalized spacial score (nSPS) is 32.8. The van der Waals surface area contributed by atoms with Crippen LogP contribution in [0.15, 0.2) is 12.7 Å². The first kappa shape index (κ1) is 10.7. The molecule has 3 atom stereocenters. The van der Waals surface area contributed by atoms with E-state index in [0.29, 0.717) is 6.04 Å². The van der Waals surface area contributed by atoms with Crippen molar-refractivity contribution in [1.82, 2.24) is 4.90 Å². The van der Waals surface area contributed by atoms with Gasteiger partial charge < -0.3 is 10.2 Å². The van der Waals surface area contributed by atoms with Crippen LogP contribution in [0, 0.1) is 5.92 Å². The second-order valence-corrected chi connectivity index (χ2v) is 3.77. The van der Waals surface area contributed by atoms with Gasteiger partial charge in [0.15, 0.2) is 0 Å². The Labute approximate surface area is 79.7 Å². The Hall–Kier alpha value is -0.380. The van der Waals surface area contributed by atoms with Gasteiger partial charge in [0.1, 0.15) is 0 Å². The minimum atomic E-state index is -0.335. The van der Waals surface area contributed by atoms with Gasteiger partial charge in [0.25, 0.3) is 0 Å². The van der Waals surface area contributed by atoms with E-state index >= 15 is 0 Å². The summed E-state index contributed by atoms with van der Waals surface area (Å²) in [5.74, 6) is 0.0103. The summed E-state index contributed by atoms with van der Waals surface area (Å²) in [4.78, 5) is 2.24. The van der Waals surface area contributed by atoms with Crippen LogP contribution in [0.4, 0.5) is 0 Å². The molecule has 3 heteroatoms. The molecule has 0 amide bonds. The fraction of sp³-hybridized carbons (Fsp3) is 0.800. The Morgan fingerprint density at radius 2 is 2.38 bits per heavy atom. The van der Waals surface area contributed by atoms with Crippen molar-refractivity contribution in [3.8, 4) is 0 Å². The minimum Gasteiger partial charge on any atom is -0.396 e. The molecule has 1 aliphatic heterocycles. The van der Waals surface area contributed by atoms with Gasteiger partial charge in [0, 0.05) is 31.7 Å². The van der Waals surface area contributed by atoms with Crippen molar-refractivity contribution in [2.45, 2.75) is 25.5 Å². The molecule has 2 N–H and O–H groups in total. The molecule has 1 heterocycles. The van der Waals surface area contributed by atoms with Gasteiger partial charge in [0.2, 0.25) is 0 Å². The van der Waals surface area contributed by atoms with Crippen LogP contribution in [-0.4, -0.2) is 47.0 Å². The van der Waals surface area contributed by atoms with Gasteiger partial charge in [-0.3, -0.25) is 4.90 Å². The fourth-order valence-corrected chi connectivity index (χ4v) is 1.75. The molecule has 0 radical (unpaired) electrons. The summed E-state index contributed by atoms with van der Waals surface area (Å²) in [6.45, 7) is 7.55. The molecule has 3 nitrogen and oxygen atoms in total. The lowest BCUT2D eigenvalue weighted by molar-refractivity contribution is -0.00540. The molecular formula is C10H19NO2. The van der Waals surface area contributed by atoms with E-state index in [-0.39, 0.29) is 18.6 Å². The van der Waals surface area contributed by atoms with E-state index in [1.165, 1.54) is 0 Å². The van der Waals surface area contributed by atoms with Crippen LogP contribution in [0.25, 0.3) is 0 Å². The van der Waals surface area contributed by atoms with Gasteiger partial charge in [0.05, 0.1) is 6.10 Å². The maximum atomic E-state index is 9.53. The van der Waals surface area contributed by atoms with Crippen LogP contribution in [0.2, 0.25) is 0 Å². The van der Waals surface area contributed by atoms with E-state index in [0.717, 1.165) is 19.5 Å². The Kier molecular flexibility index (Phi) is 3.90. The highest BCUT2D eigenvalue weighted by molar-refractivity contribution is 4.89. The van der Waals surface area contributed by atoms with Gasteiger partial charge in [-0.1, -0.05) is 6.08 Å². The number of nitrogens with zero attached hydrogens (tertiary/aromatic N) is 1. The summed E-state index contributed by atoms with van der Waals surface area (Å²) in [5.41, 5.74) is 0. The zero-order chi connectivity index (χ0) is 9.84. The lowest BCUT2D eigenvalue weighted by Crippen LogP contribution is -2.47. The summed E-state index contributed by atoms with van der Waals surface area (Å²) in [6.07, 6.45) is 2.31. The van der Waals surface area contributed by atoms with Crippen molar-refractivity contribution in [1.29, 1.82) is 0 Å². The number of hydrogen-bond acceptors (Lipinski definition) is 3. The Balaban J connectivity index is 2.49. The maximum absolute atomic E-state index is 9.53. The summed E-state index contributed by atoms with van der Waals surface area (Å²) >= 11 is 0. The first-order valence-electron chi connectivity index (χ1n) is 4.84. The number of hydrogen-bond donors (Lipinski definition) is 2. The number of aliphatic hydroxyl groups excluding tert-OH is 2. The van der Waals surface area contributed by atoms with E-state index in [1.54, 1.807) is 0 Å². The minimum absolute atomic E-state index is 0.0103. The number of likely N-dealkylation sites (tertiary alicyclic amines) is 1. The van der Waals surface area contributed by atoms with Crippen molar-refractivity contribution >= 4 is 0 Å². The number of piperidine rings is 1. The summed E-state index contributed by atoms with van der Waals surface area (Å²) in [7, 11) is 0. The van der Waals surface area contributed by atoms with Gasteiger partial charge in [-0.15, -0.1) is 6.58 Å². The van der Waals surface area contributed by atoms with E-state index in [1.807, 2.05) is 6.08 Å². The molecule has 3 unspecified atom stereocenters. The smallest absolute Gasteiger partial charge is 0.0614 e. The van der Waals surface area contributed by atoms with Crippen molar-refractivity contribution in [3.05, 3.63) is 12.7 Å². The third kappa shape index (κ3) is 2.53. The Morgan fingerprint density at radius 1 is 1.69 bits per heavy atom. The molecule has 0 aliphatic carbocycles. The zero-order valence-electron chi connectivity index (χ0n) is 8.19. The van der Waals surface area contributed by atoms with Crippen molar-refractivity contribution in [2.24, 2.45) is 5.92 Å². The standard InChI is InChI=1S/C10H19NO2/c1-3-8(2)11-5-4-10(13)9(6-11)7-12/h3,8-10,12-13H,1,4-7H2,2H3. The average molecular weight is 185 g/mol. The van der Waals surface area contributed by atoms with Gasteiger partial charge >= 0.3 is 0 Å². The van der Waals surface area contributed by atoms with Crippen LogP contribution in [0.3, 0.4) is 0 Å². The van der Waals surface area contributed by atoms with Crippen LogP contribution in [0.5, 0.6) is 0 Å². The van der Waals surface area contributed by atoms with Crippen molar-refractivity contribution in [3.63, 3.8) is 0 Å². The van der Waals surface area contributed by atoms with Crippen LogP contribution in [0.1, 0.15) is 13.3 Å². The highest BCUT2D eigenvalue weighted by atomic mass is 16.3. The van der Waals surface area contributed by atoms with Crippen molar-refractivity contribution in [2.75, 3.05) is 19.7 Å². The molecule has 0 aromatic carbocycles. The Bertz CT molecular complexity index is 172. The molecule has 1 fully saturated rings. The van der Waals surface area contributed by atoms with Crippen LogP contribution >= 0.6 is 0 Å². The molecular weight excluding hydrogens is 166 g/mol. The molecule has 0 aromatic rings. The maximum Gasteiger partial charge on any atom is 0.0614 e. The van der Waals surface area contributed by atoms with E-state index in [9.17, 15) is 5.11 Å². The topological polar surface area (TPSA) is 43.7 Å². The number of aliphatic hydroxyl groups is 2. The van der Waals surface area contributed by atoms with Gasteiger partial charge in [-0.25, -0.2) is 0 Å². The van der Waals surface area contributed by atoms with E-state index in [4.69, 9.17) is 5.11 Å². The van der Waals surface area contributed by atoms with Gasteiger partial charge in [-0.05, 0) is 13.3 Å².